The molecule has 1 unspecified atom stereocenters. The van der Waals surface area contributed by atoms with Crippen molar-refractivity contribution in [3.8, 4) is 5.75 Å². The number of carbonyl (C=O) groups excluding carboxylic acids is 2. The number of amides is 2. The number of hydrogen-bond acceptors (Lipinski definition) is 3. The van der Waals surface area contributed by atoms with Gasteiger partial charge in [0.2, 0.25) is 0 Å². The number of benzene rings is 3. The van der Waals surface area contributed by atoms with Gasteiger partial charge in [-0.15, -0.1) is 0 Å². The molecule has 32 heavy (non-hydrogen) atoms. The molecule has 1 heterocycles. The summed E-state index contributed by atoms with van der Waals surface area (Å²) in [6.07, 6.45) is -0.168. The van der Waals surface area contributed by atoms with Gasteiger partial charge in [0.15, 0.2) is 6.10 Å². The number of fused-ring (bicyclic) bond motifs is 1. The van der Waals surface area contributed by atoms with Crippen molar-refractivity contribution in [1.82, 2.24) is 4.90 Å². The van der Waals surface area contributed by atoms with Gasteiger partial charge in [0.05, 0.1) is 0 Å². The van der Waals surface area contributed by atoms with Crippen LogP contribution in [0, 0.1) is 5.82 Å². The topological polar surface area (TPSA) is 58.6 Å². The monoisotopic (exact) mass is 452 g/mol. The van der Waals surface area contributed by atoms with E-state index in [1.54, 1.807) is 65.6 Å². The van der Waals surface area contributed by atoms with E-state index < -0.39 is 6.10 Å². The van der Waals surface area contributed by atoms with Crippen LogP contribution >= 0.6 is 11.6 Å². The van der Waals surface area contributed by atoms with Crippen molar-refractivity contribution in [2.24, 2.45) is 0 Å². The Hall–Kier alpha value is -3.38. The highest BCUT2D eigenvalue weighted by Crippen LogP contribution is 2.30. The molecule has 1 atom stereocenters. The van der Waals surface area contributed by atoms with Gasteiger partial charge in [-0.2, -0.15) is 0 Å². The quantitative estimate of drug-likeness (QED) is 0.561. The summed E-state index contributed by atoms with van der Waals surface area (Å²) in [5.74, 6) is -0.256. The maximum Gasteiger partial charge on any atom is 0.264 e. The van der Waals surface area contributed by atoms with Crippen molar-refractivity contribution >= 4 is 29.1 Å². The molecule has 3 aromatic carbocycles. The zero-order chi connectivity index (χ0) is 22.7. The van der Waals surface area contributed by atoms with Crippen LogP contribution in [0.1, 0.15) is 34.8 Å². The van der Waals surface area contributed by atoms with E-state index in [2.05, 4.69) is 5.32 Å². The van der Waals surface area contributed by atoms with E-state index in [-0.39, 0.29) is 30.7 Å². The number of ether oxygens (including phenoxy) is 1. The maximum atomic E-state index is 14.2. The minimum Gasteiger partial charge on any atom is -0.480 e. The number of halogens is 2. The van der Waals surface area contributed by atoms with Crippen LogP contribution in [0.2, 0.25) is 5.02 Å². The molecular formula is C25H22ClFN2O3. The van der Waals surface area contributed by atoms with Crippen molar-refractivity contribution in [3.05, 3.63) is 94.3 Å². The lowest BCUT2D eigenvalue weighted by molar-refractivity contribution is -0.139. The third kappa shape index (κ3) is 4.75. The Balaban J connectivity index is 1.59. The minimum atomic E-state index is -0.655. The van der Waals surface area contributed by atoms with E-state index in [4.69, 9.17) is 16.3 Å². The van der Waals surface area contributed by atoms with E-state index >= 15 is 0 Å². The van der Waals surface area contributed by atoms with E-state index in [1.807, 2.05) is 6.92 Å². The molecular weight excluding hydrogens is 431 g/mol. The maximum absolute atomic E-state index is 14.2. The molecule has 0 aliphatic carbocycles. The van der Waals surface area contributed by atoms with E-state index in [9.17, 15) is 14.0 Å². The number of hydrogen-bond donors (Lipinski definition) is 1. The van der Waals surface area contributed by atoms with Crippen LogP contribution < -0.4 is 10.1 Å². The van der Waals surface area contributed by atoms with Crippen molar-refractivity contribution in [3.63, 3.8) is 0 Å². The molecule has 3 aromatic rings. The van der Waals surface area contributed by atoms with E-state index in [1.165, 1.54) is 6.07 Å². The number of rotatable bonds is 5. The molecule has 164 valence electrons. The highest BCUT2D eigenvalue weighted by Gasteiger charge is 2.30. The zero-order valence-electron chi connectivity index (χ0n) is 17.5. The largest absolute Gasteiger partial charge is 0.480 e. The van der Waals surface area contributed by atoms with Gasteiger partial charge < -0.3 is 15.0 Å². The smallest absolute Gasteiger partial charge is 0.264 e. The van der Waals surface area contributed by atoms with Gasteiger partial charge in [0, 0.05) is 40.5 Å². The molecule has 1 aliphatic rings. The average Bonchev–Trinajstić information content (AvgIpc) is 2.92. The van der Waals surface area contributed by atoms with Gasteiger partial charge in [0.25, 0.3) is 11.8 Å². The summed E-state index contributed by atoms with van der Waals surface area (Å²) in [6, 6.07) is 18.3. The first-order valence-electron chi connectivity index (χ1n) is 10.3. The average molecular weight is 453 g/mol. The SMILES string of the molecule is CCC1Oc2ccc(NC(=O)c3ccc(Cl)cc3)cc2CN(Cc2ccccc2F)C1=O. The lowest BCUT2D eigenvalue weighted by Crippen LogP contribution is -2.39. The Kier molecular flexibility index (Phi) is 6.42. The fourth-order valence-electron chi connectivity index (χ4n) is 3.62. The molecule has 0 fully saturated rings. The predicted molar refractivity (Wildman–Crippen MR) is 121 cm³/mol. The molecule has 0 aromatic heterocycles. The molecule has 7 heteroatoms. The van der Waals surface area contributed by atoms with Crippen LogP contribution in [-0.4, -0.2) is 22.8 Å². The molecule has 5 nitrogen and oxygen atoms in total. The highest BCUT2D eigenvalue weighted by atomic mass is 35.5. The zero-order valence-corrected chi connectivity index (χ0v) is 18.2. The molecule has 0 saturated carbocycles. The van der Waals surface area contributed by atoms with Crippen molar-refractivity contribution in [1.29, 1.82) is 0 Å². The lowest BCUT2D eigenvalue weighted by Gasteiger charge is -2.23. The van der Waals surface area contributed by atoms with Crippen LogP contribution in [0.5, 0.6) is 5.75 Å². The number of carbonyl (C=O) groups is 2. The van der Waals surface area contributed by atoms with Gasteiger partial charge in [-0.05, 0) is 55.0 Å². The molecule has 2 amide bonds. The van der Waals surface area contributed by atoms with Gasteiger partial charge >= 0.3 is 0 Å². The highest BCUT2D eigenvalue weighted by molar-refractivity contribution is 6.30. The summed E-state index contributed by atoms with van der Waals surface area (Å²) in [5.41, 5.74) is 2.22. The van der Waals surface area contributed by atoms with E-state index in [0.29, 0.717) is 34.0 Å². The van der Waals surface area contributed by atoms with Crippen LogP contribution in [0.3, 0.4) is 0 Å². The minimum absolute atomic E-state index is 0.131. The molecule has 0 saturated heterocycles. The van der Waals surface area contributed by atoms with Gasteiger partial charge in [-0.3, -0.25) is 9.59 Å². The number of nitrogens with zero attached hydrogens (tertiary/aromatic N) is 1. The Morgan fingerprint density at radius 3 is 2.62 bits per heavy atom. The first kappa shape index (κ1) is 21.8. The second-order valence-corrected chi connectivity index (χ2v) is 8.02. The molecule has 0 spiro atoms. The third-order valence-electron chi connectivity index (χ3n) is 5.33. The molecule has 0 radical (unpaired) electrons. The Morgan fingerprint density at radius 1 is 1.16 bits per heavy atom. The predicted octanol–water partition coefficient (Wildman–Crippen LogP) is 5.43. The normalized spacial score (nSPS) is 15.5. The first-order valence-corrected chi connectivity index (χ1v) is 10.7. The second kappa shape index (κ2) is 9.40. The van der Waals surface area contributed by atoms with Gasteiger partial charge in [0.1, 0.15) is 11.6 Å². The third-order valence-corrected chi connectivity index (χ3v) is 5.58. The van der Waals surface area contributed by atoms with E-state index in [0.717, 1.165) is 5.56 Å². The van der Waals surface area contributed by atoms with Crippen molar-refractivity contribution < 1.29 is 18.7 Å². The Bertz CT molecular complexity index is 1150. The molecule has 0 bridgehead atoms. The summed E-state index contributed by atoms with van der Waals surface area (Å²) in [4.78, 5) is 27.2. The van der Waals surface area contributed by atoms with Crippen molar-refractivity contribution in [2.45, 2.75) is 32.5 Å². The van der Waals surface area contributed by atoms with Gasteiger partial charge in [-0.1, -0.05) is 36.7 Å². The summed E-state index contributed by atoms with van der Waals surface area (Å²) < 4.78 is 20.2. The fraction of sp³-hybridized carbons (Fsp3) is 0.200. The van der Waals surface area contributed by atoms with Crippen LogP contribution in [0.4, 0.5) is 10.1 Å². The first-order chi connectivity index (χ1) is 15.4. The summed E-state index contributed by atoms with van der Waals surface area (Å²) in [5, 5.41) is 3.41. The Morgan fingerprint density at radius 2 is 1.91 bits per heavy atom. The van der Waals surface area contributed by atoms with Crippen molar-refractivity contribution in [2.75, 3.05) is 5.32 Å². The fourth-order valence-corrected chi connectivity index (χ4v) is 3.74. The number of anilines is 1. The summed E-state index contributed by atoms with van der Waals surface area (Å²) in [6.45, 7) is 2.24. The van der Waals surface area contributed by atoms with Crippen LogP contribution in [0.25, 0.3) is 0 Å². The summed E-state index contributed by atoms with van der Waals surface area (Å²) in [7, 11) is 0. The van der Waals surface area contributed by atoms with Crippen LogP contribution in [0.15, 0.2) is 66.7 Å². The Labute approximate surface area is 190 Å². The molecule has 4 rings (SSSR count). The molecule has 1 aliphatic heterocycles. The second-order valence-electron chi connectivity index (χ2n) is 7.58. The standard InChI is InChI=1S/C25H22ClFN2O3/c1-2-22-25(31)29(14-17-5-3-4-6-21(17)27)15-18-13-20(11-12-23(18)32-22)28-24(30)16-7-9-19(26)10-8-16/h3-13,22H,2,14-15H2,1H3,(H,28,30). The molecule has 1 N–H and O–H groups in total. The van der Waals surface area contributed by atoms with Crippen LogP contribution in [-0.2, 0) is 17.9 Å². The lowest BCUT2D eigenvalue weighted by atomic mass is 10.1. The number of nitrogens with one attached hydrogen (secondary N) is 1. The summed E-state index contributed by atoms with van der Waals surface area (Å²) >= 11 is 5.89. The van der Waals surface area contributed by atoms with Gasteiger partial charge in [-0.25, -0.2) is 4.39 Å².